The minimum absolute atomic E-state index is 0.110. The van der Waals surface area contributed by atoms with E-state index in [1.54, 1.807) is 24.4 Å². The lowest BCUT2D eigenvalue weighted by molar-refractivity contribution is 0.456. The molecule has 0 aliphatic heterocycles. The Morgan fingerprint density at radius 1 is 1.04 bits per heavy atom. The largest absolute Gasteiger partial charge is 0.438 e. The third-order valence-corrected chi connectivity index (χ3v) is 3.90. The summed E-state index contributed by atoms with van der Waals surface area (Å²) in [5, 5.41) is 0.446. The molecule has 4 rings (SSSR count). The van der Waals surface area contributed by atoms with Gasteiger partial charge in [-0.05, 0) is 55.0 Å². The maximum Gasteiger partial charge on any atom is 0.347 e. The number of aromatic nitrogens is 2. The zero-order valence-corrected chi connectivity index (χ0v) is 13.8. The summed E-state index contributed by atoms with van der Waals surface area (Å²) in [6, 6.07) is 14.3. The molecule has 0 unspecified atom stereocenters. The Hall–Kier alpha value is -3.54. The van der Waals surface area contributed by atoms with Crippen molar-refractivity contribution in [3.05, 3.63) is 82.6 Å². The maximum atomic E-state index is 13.1. The lowest BCUT2D eigenvalue weighted by Crippen LogP contribution is -2.05. The number of fused-ring (bicyclic) bond motifs is 1. The van der Waals surface area contributed by atoms with Crippen LogP contribution in [0.2, 0.25) is 0 Å². The zero-order valence-electron chi connectivity index (χ0n) is 13.8. The van der Waals surface area contributed by atoms with Crippen LogP contribution < -0.4 is 10.4 Å². The molecule has 0 spiro atoms. The van der Waals surface area contributed by atoms with E-state index >= 15 is 0 Å². The summed E-state index contributed by atoms with van der Waals surface area (Å²) in [4.78, 5) is 21.0. The highest BCUT2D eigenvalue weighted by Gasteiger charge is 2.15. The van der Waals surface area contributed by atoms with Crippen molar-refractivity contribution in [3.8, 4) is 23.1 Å². The summed E-state index contributed by atoms with van der Waals surface area (Å²) in [5.41, 5.74) is 1.29. The molecule has 4 aromatic rings. The first kappa shape index (κ1) is 16.0. The molecule has 2 heterocycles. The first-order chi connectivity index (χ1) is 12.6. The Bertz CT molecular complexity index is 1150. The minimum Gasteiger partial charge on any atom is -0.438 e. The van der Waals surface area contributed by atoms with Gasteiger partial charge in [0.2, 0.25) is 11.8 Å². The number of hydrogen-bond donors (Lipinski definition) is 0. The van der Waals surface area contributed by atoms with Crippen molar-refractivity contribution in [1.29, 1.82) is 0 Å². The number of benzene rings is 2. The Kier molecular flexibility index (Phi) is 3.93. The van der Waals surface area contributed by atoms with Crippen LogP contribution in [0.1, 0.15) is 5.56 Å². The molecule has 0 saturated carbocycles. The number of aryl methyl sites for hydroxylation is 1. The second-order valence-corrected chi connectivity index (χ2v) is 5.69. The highest BCUT2D eigenvalue weighted by Crippen LogP contribution is 2.30. The quantitative estimate of drug-likeness (QED) is 0.546. The van der Waals surface area contributed by atoms with Gasteiger partial charge in [-0.1, -0.05) is 12.1 Å². The number of rotatable bonds is 3. The van der Waals surface area contributed by atoms with Gasteiger partial charge in [0.05, 0.1) is 16.5 Å². The maximum absolute atomic E-state index is 13.1. The molecule has 2 aromatic carbocycles. The van der Waals surface area contributed by atoms with Crippen molar-refractivity contribution in [2.45, 2.75) is 6.92 Å². The molecule has 6 heteroatoms. The van der Waals surface area contributed by atoms with Crippen molar-refractivity contribution in [1.82, 2.24) is 9.97 Å². The number of pyridine rings is 1. The lowest BCUT2D eigenvalue weighted by atomic mass is 10.1. The summed E-state index contributed by atoms with van der Waals surface area (Å²) in [6.45, 7) is 1.83. The van der Waals surface area contributed by atoms with Crippen molar-refractivity contribution >= 4 is 10.9 Å². The van der Waals surface area contributed by atoms with E-state index in [1.165, 1.54) is 24.3 Å². The molecule has 0 bridgehead atoms. The highest BCUT2D eigenvalue weighted by atomic mass is 19.1. The molecule has 0 fully saturated rings. The topological polar surface area (TPSA) is 65.2 Å². The molecule has 0 aliphatic rings. The highest BCUT2D eigenvalue weighted by molar-refractivity contribution is 5.82. The number of hydrogen-bond acceptors (Lipinski definition) is 5. The van der Waals surface area contributed by atoms with E-state index in [0.29, 0.717) is 22.2 Å². The van der Waals surface area contributed by atoms with Gasteiger partial charge in [-0.15, -0.1) is 0 Å². The van der Waals surface area contributed by atoms with E-state index in [-0.39, 0.29) is 17.6 Å². The average Bonchev–Trinajstić information content (AvgIpc) is 2.64. The van der Waals surface area contributed by atoms with Gasteiger partial charge in [0.15, 0.2) is 0 Å². The Morgan fingerprint density at radius 3 is 2.65 bits per heavy atom. The van der Waals surface area contributed by atoms with E-state index in [9.17, 15) is 9.18 Å². The average molecular weight is 348 g/mol. The van der Waals surface area contributed by atoms with Crippen LogP contribution in [0.25, 0.3) is 22.4 Å². The zero-order chi connectivity index (χ0) is 18.1. The smallest absolute Gasteiger partial charge is 0.347 e. The van der Waals surface area contributed by atoms with Gasteiger partial charge < -0.3 is 9.15 Å². The molecule has 128 valence electrons. The van der Waals surface area contributed by atoms with Gasteiger partial charge in [-0.3, -0.25) is 0 Å². The Balaban J connectivity index is 1.83. The fourth-order valence-corrected chi connectivity index (χ4v) is 2.65. The molecule has 0 radical (unpaired) electrons. The van der Waals surface area contributed by atoms with Crippen LogP contribution in [0, 0.1) is 12.7 Å². The van der Waals surface area contributed by atoms with Crippen molar-refractivity contribution in [3.63, 3.8) is 0 Å². The molecule has 2 aromatic heterocycles. The second kappa shape index (κ2) is 6.40. The molecule has 26 heavy (non-hydrogen) atoms. The summed E-state index contributed by atoms with van der Waals surface area (Å²) < 4.78 is 24.2. The summed E-state index contributed by atoms with van der Waals surface area (Å²) in [7, 11) is 0. The monoisotopic (exact) mass is 348 g/mol. The third kappa shape index (κ3) is 2.93. The second-order valence-electron chi connectivity index (χ2n) is 5.69. The van der Waals surface area contributed by atoms with Crippen LogP contribution in [0.4, 0.5) is 4.39 Å². The van der Waals surface area contributed by atoms with Crippen molar-refractivity contribution in [2.75, 3.05) is 0 Å². The fourth-order valence-electron chi connectivity index (χ4n) is 2.65. The molecule has 0 atom stereocenters. The molecule has 0 amide bonds. The predicted molar refractivity (Wildman–Crippen MR) is 94.7 cm³/mol. The molecule has 0 aliphatic carbocycles. The SMILES string of the molecule is Cc1cccc2nc(-c3cccnc3Oc3ccc(F)cc3)oc(=O)c12. The van der Waals surface area contributed by atoms with Gasteiger partial charge >= 0.3 is 5.63 Å². The summed E-state index contributed by atoms with van der Waals surface area (Å²) in [5.74, 6) is 0.363. The van der Waals surface area contributed by atoms with E-state index < -0.39 is 5.63 Å². The fraction of sp³-hybridized carbons (Fsp3) is 0.0500. The van der Waals surface area contributed by atoms with Crippen LogP contribution in [-0.4, -0.2) is 9.97 Å². The van der Waals surface area contributed by atoms with E-state index in [2.05, 4.69) is 9.97 Å². The van der Waals surface area contributed by atoms with Crippen molar-refractivity contribution < 1.29 is 13.5 Å². The van der Waals surface area contributed by atoms with Gasteiger partial charge in [0, 0.05) is 6.20 Å². The van der Waals surface area contributed by atoms with Crippen LogP contribution >= 0.6 is 0 Å². The van der Waals surface area contributed by atoms with Crippen LogP contribution in [-0.2, 0) is 0 Å². The normalized spacial score (nSPS) is 10.8. The first-order valence-electron chi connectivity index (χ1n) is 7.91. The summed E-state index contributed by atoms with van der Waals surface area (Å²) in [6.07, 6.45) is 1.55. The van der Waals surface area contributed by atoms with Crippen LogP contribution in [0.5, 0.6) is 11.6 Å². The summed E-state index contributed by atoms with van der Waals surface area (Å²) >= 11 is 0. The van der Waals surface area contributed by atoms with Crippen LogP contribution in [0.3, 0.4) is 0 Å². The third-order valence-electron chi connectivity index (χ3n) is 3.90. The minimum atomic E-state index is -0.473. The number of ether oxygens (including phenoxy) is 1. The molecule has 5 nitrogen and oxygen atoms in total. The van der Waals surface area contributed by atoms with Gasteiger partial charge in [0.25, 0.3) is 0 Å². The molecule has 0 saturated heterocycles. The molecular formula is C20H13FN2O3. The predicted octanol–water partition coefficient (Wildman–Crippen LogP) is 4.49. The number of nitrogens with zero attached hydrogens (tertiary/aromatic N) is 2. The Morgan fingerprint density at radius 2 is 1.85 bits per heavy atom. The van der Waals surface area contributed by atoms with E-state index in [0.717, 1.165) is 5.56 Å². The van der Waals surface area contributed by atoms with E-state index in [1.807, 2.05) is 19.1 Å². The molecule has 0 N–H and O–H groups in total. The van der Waals surface area contributed by atoms with Crippen molar-refractivity contribution in [2.24, 2.45) is 0 Å². The standard InChI is InChI=1S/C20H13FN2O3/c1-12-4-2-6-16-17(12)20(24)26-19(23-16)15-5-3-11-22-18(15)25-14-9-7-13(21)8-10-14/h2-11H,1H3. The Labute approximate surface area is 147 Å². The van der Waals surface area contributed by atoms with Crippen LogP contribution in [0.15, 0.2) is 70.0 Å². The van der Waals surface area contributed by atoms with Gasteiger partial charge in [0.1, 0.15) is 11.6 Å². The molecular weight excluding hydrogens is 335 g/mol. The van der Waals surface area contributed by atoms with E-state index in [4.69, 9.17) is 9.15 Å². The van der Waals surface area contributed by atoms with Gasteiger partial charge in [-0.25, -0.2) is 19.2 Å². The number of halogens is 1. The van der Waals surface area contributed by atoms with Gasteiger partial charge in [-0.2, -0.15) is 0 Å². The first-order valence-corrected chi connectivity index (χ1v) is 7.91. The lowest BCUT2D eigenvalue weighted by Gasteiger charge is -2.09.